The van der Waals surface area contributed by atoms with Gasteiger partial charge in [0.15, 0.2) is 0 Å². The van der Waals surface area contributed by atoms with Gasteiger partial charge in [0.1, 0.15) is 6.33 Å². The molecule has 0 unspecified atom stereocenters. The van der Waals surface area contributed by atoms with Gasteiger partial charge in [-0.05, 0) is 24.6 Å². The zero-order valence-corrected chi connectivity index (χ0v) is 11.1. The molecule has 0 aliphatic heterocycles. The van der Waals surface area contributed by atoms with Crippen LogP contribution in [0.3, 0.4) is 0 Å². The van der Waals surface area contributed by atoms with Crippen molar-refractivity contribution in [3.8, 4) is 11.8 Å². The fourth-order valence-electron chi connectivity index (χ4n) is 1.63. The van der Waals surface area contributed by atoms with Crippen LogP contribution in [0.15, 0.2) is 36.9 Å². The number of nitrogens with zero attached hydrogens (tertiary/aromatic N) is 2. The van der Waals surface area contributed by atoms with Gasteiger partial charge in [-0.1, -0.05) is 17.9 Å². The fraction of sp³-hybridized carbons (Fsp3) is 0.133. The van der Waals surface area contributed by atoms with Crippen molar-refractivity contribution >= 4 is 11.6 Å². The number of aryl methyl sites for hydroxylation is 1. The number of benzene rings is 1. The van der Waals surface area contributed by atoms with Crippen molar-refractivity contribution in [2.45, 2.75) is 6.92 Å². The summed E-state index contributed by atoms with van der Waals surface area (Å²) in [6.07, 6.45) is 4.30. The Labute approximate surface area is 117 Å². The van der Waals surface area contributed by atoms with E-state index in [-0.39, 0.29) is 12.5 Å². The van der Waals surface area contributed by atoms with Crippen LogP contribution >= 0.6 is 0 Å². The lowest BCUT2D eigenvalue weighted by atomic mass is 10.1. The zero-order valence-electron chi connectivity index (χ0n) is 11.1. The lowest BCUT2D eigenvalue weighted by Gasteiger charge is -2.08. The van der Waals surface area contributed by atoms with Crippen molar-refractivity contribution in [2.24, 2.45) is 5.73 Å². The molecule has 1 heterocycles. The topological polar surface area (TPSA) is 80.9 Å². The molecular formula is C15H14N4O. The molecule has 0 aliphatic carbocycles. The third-order valence-corrected chi connectivity index (χ3v) is 2.57. The van der Waals surface area contributed by atoms with Gasteiger partial charge in [-0.2, -0.15) is 0 Å². The average Bonchev–Trinajstić information content (AvgIpc) is 2.47. The molecule has 1 amide bonds. The minimum absolute atomic E-state index is 0.271. The smallest absolute Gasteiger partial charge is 0.258 e. The van der Waals surface area contributed by atoms with E-state index >= 15 is 0 Å². The molecule has 0 spiro atoms. The highest BCUT2D eigenvalue weighted by Crippen LogP contribution is 2.17. The summed E-state index contributed by atoms with van der Waals surface area (Å²) < 4.78 is 0. The van der Waals surface area contributed by atoms with Crippen LogP contribution in [0.2, 0.25) is 0 Å². The van der Waals surface area contributed by atoms with Gasteiger partial charge in [-0.25, -0.2) is 9.97 Å². The number of nitrogens with one attached hydrogen (secondary N) is 1. The number of nitrogens with two attached hydrogens (primary N) is 1. The molecule has 0 saturated heterocycles. The second-order valence-electron chi connectivity index (χ2n) is 4.14. The number of hydrogen-bond acceptors (Lipinski definition) is 4. The first kappa shape index (κ1) is 13.7. The highest BCUT2D eigenvalue weighted by Gasteiger charge is 2.09. The third-order valence-electron chi connectivity index (χ3n) is 2.57. The van der Waals surface area contributed by atoms with Crippen LogP contribution in [0.1, 0.15) is 21.5 Å². The number of amides is 1. The molecular weight excluding hydrogens is 252 g/mol. The quantitative estimate of drug-likeness (QED) is 0.804. The molecule has 1 aromatic heterocycles. The highest BCUT2D eigenvalue weighted by atomic mass is 16.1. The van der Waals surface area contributed by atoms with Gasteiger partial charge in [-0.15, -0.1) is 0 Å². The Bertz CT molecular complexity index is 671. The first-order valence-corrected chi connectivity index (χ1v) is 6.06. The van der Waals surface area contributed by atoms with Crippen molar-refractivity contribution < 1.29 is 4.79 Å². The molecule has 1 aromatic carbocycles. The molecule has 5 nitrogen and oxygen atoms in total. The van der Waals surface area contributed by atoms with E-state index in [1.165, 1.54) is 18.7 Å². The van der Waals surface area contributed by atoms with Crippen molar-refractivity contribution in [3.63, 3.8) is 0 Å². The fourth-order valence-corrected chi connectivity index (χ4v) is 1.63. The first-order valence-electron chi connectivity index (χ1n) is 6.06. The molecule has 0 radical (unpaired) electrons. The van der Waals surface area contributed by atoms with Crippen LogP contribution in [0.5, 0.6) is 0 Å². The monoisotopic (exact) mass is 266 g/mol. The number of anilines is 1. The molecule has 0 bridgehead atoms. The number of hydrogen-bond donors (Lipinski definition) is 2. The SMILES string of the molecule is Cc1ccc(C#CCN)c(NC(=O)c2cncnc2)c1. The van der Waals surface area contributed by atoms with E-state index in [0.29, 0.717) is 11.3 Å². The number of carbonyl (C=O) groups is 1. The van der Waals surface area contributed by atoms with Gasteiger partial charge in [-0.3, -0.25) is 4.79 Å². The standard InChI is InChI=1S/C15H14N4O/c1-11-4-5-12(3-2-6-16)14(7-11)19-15(20)13-8-17-10-18-9-13/h4-5,7-10H,6,16H2,1H3,(H,19,20). The first-order chi connectivity index (χ1) is 9.70. The Hall–Kier alpha value is -2.71. The van der Waals surface area contributed by atoms with Crippen LogP contribution in [-0.2, 0) is 0 Å². The van der Waals surface area contributed by atoms with Crippen LogP contribution < -0.4 is 11.1 Å². The van der Waals surface area contributed by atoms with E-state index in [2.05, 4.69) is 27.1 Å². The van der Waals surface area contributed by atoms with Crippen molar-refractivity contribution in [1.82, 2.24) is 9.97 Å². The van der Waals surface area contributed by atoms with Gasteiger partial charge in [0.2, 0.25) is 0 Å². The van der Waals surface area contributed by atoms with E-state index in [1.54, 1.807) is 0 Å². The maximum atomic E-state index is 12.1. The molecule has 3 N–H and O–H groups in total. The summed E-state index contributed by atoms with van der Waals surface area (Å²) in [7, 11) is 0. The summed E-state index contributed by atoms with van der Waals surface area (Å²) in [5.41, 5.74) is 8.18. The molecule has 2 aromatic rings. The van der Waals surface area contributed by atoms with Crippen LogP contribution in [0.25, 0.3) is 0 Å². The molecule has 0 atom stereocenters. The van der Waals surface area contributed by atoms with Crippen LogP contribution in [0, 0.1) is 18.8 Å². The Kier molecular flexibility index (Phi) is 4.43. The lowest BCUT2D eigenvalue weighted by Crippen LogP contribution is -2.13. The van der Waals surface area contributed by atoms with Gasteiger partial charge >= 0.3 is 0 Å². The highest BCUT2D eigenvalue weighted by molar-refractivity contribution is 6.04. The Morgan fingerprint density at radius 1 is 1.35 bits per heavy atom. The lowest BCUT2D eigenvalue weighted by molar-refractivity contribution is 0.102. The second-order valence-corrected chi connectivity index (χ2v) is 4.14. The molecule has 0 fully saturated rings. The summed E-state index contributed by atoms with van der Waals surface area (Å²) >= 11 is 0. The van der Waals surface area contributed by atoms with E-state index in [0.717, 1.165) is 11.1 Å². The number of aromatic nitrogens is 2. The third kappa shape index (κ3) is 3.40. The minimum atomic E-state index is -0.271. The van der Waals surface area contributed by atoms with Crippen LogP contribution in [0.4, 0.5) is 5.69 Å². The van der Waals surface area contributed by atoms with Gasteiger partial charge in [0.05, 0.1) is 17.8 Å². The predicted molar refractivity (Wildman–Crippen MR) is 77.1 cm³/mol. The Morgan fingerprint density at radius 2 is 2.10 bits per heavy atom. The van der Waals surface area contributed by atoms with Crippen molar-refractivity contribution in [2.75, 3.05) is 11.9 Å². The second kappa shape index (κ2) is 6.45. The van der Waals surface area contributed by atoms with Gasteiger partial charge < -0.3 is 11.1 Å². The van der Waals surface area contributed by atoms with E-state index in [1.807, 2.05) is 25.1 Å². The van der Waals surface area contributed by atoms with E-state index in [9.17, 15) is 4.79 Å². The molecule has 20 heavy (non-hydrogen) atoms. The molecule has 0 aliphatic rings. The predicted octanol–water partition coefficient (Wildman–Crippen LogP) is 1.35. The Balaban J connectivity index is 2.28. The zero-order chi connectivity index (χ0) is 14.4. The molecule has 2 rings (SSSR count). The number of carbonyl (C=O) groups excluding carboxylic acids is 1. The number of rotatable bonds is 2. The van der Waals surface area contributed by atoms with E-state index in [4.69, 9.17) is 5.73 Å². The van der Waals surface area contributed by atoms with Gasteiger partial charge in [0.25, 0.3) is 5.91 Å². The van der Waals surface area contributed by atoms with Crippen LogP contribution in [-0.4, -0.2) is 22.4 Å². The summed E-state index contributed by atoms with van der Waals surface area (Å²) in [6, 6.07) is 5.65. The molecule has 100 valence electrons. The molecule has 5 heteroatoms. The average molecular weight is 266 g/mol. The summed E-state index contributed by atoms with van der Waals surface area (Å²) in [5.74, 6) is 5.44. The maximum Gasteiger partial charge on any atom is 0.258 e. The maximum absolute atomic E-state index is 12.1. The van der Waals surface area contributed by atoms with Gasteiger partial charge in [0, 0.05) is 18.0 Å². The summed E-state index contributed by atoms with van der Waals surface area (Å²) in [4.78, 5) is 19.7. The molecule has 0 saturated carbocycles. The minimum Gasteiger partial charge on any atom is -0.321 e. The Morgan fingerprint density at radius 3 is 2.80 bits per heavy atom. The largest absolute Gasteiger partial charge is 0.321 e. The summed E-state index contributed by atoms with van der Waals surface area (Å²) in [6.45, 7) is 2.22. The van der Waals surface area contributed by atoms with Crippen molar-refractivity contribution in [3.05, 3.63) is 53.6 Å². The normalized spacial score (nSPS) is 9.50. The van der Waals surface area contributed by atoms with Crippen molar-refractivity contribution in [1.29, 1.82) is 0 Å². The summed E-state index contributed by atoms with van der Waals surface area (Å²) in [5, 5.41) is 2.81. The van der Waals surface area contributed by atoms with E-state index < -0.39 is 0 Å².